The largest absolute Gasteiger partial charge is 0.454 e. The average molecular weight is 435 g/mol. The van der Waals surface area contributed by atoms with E-state index in [1.54, 1.807) is 6.07 Å². The molecule has 0 amide bonds. The summed E-state index contributed by atoms with van der Waals surface area (Å²) in [5.41, 5.74) is -1.30. The van der Waals surface area contributed by atoms with Crippen LogP contribution in [0.3, 0.4) is 0 Å². The molecule has 8 nitrogen and oxygen atoms in total. The fraction of sp³-hybridized carbons (Fsp3) is 0.583. The number of ether oxygens (including phenoxy) is 4. The smallest absolute Gasteiger partial charge is 0.231 e. The summed E-state index contributed by atoms with van der Waals surface area (Å²) in [7, 11) is 0. The molecule has 1 atom stereocenters. The summed E-state index contributed by atoms with van der Waals surface area (Å²) in [6.45, 7) is 0.939. The van der Waals surface area contributed by atoms with Crippen LogP contribution in [0.15, 0.2) is 18.2 Å². The molecule has 0 N–H and O–H groups in total. The average Bonchev–Trinajstić information content (AvgIpc) is 3.46. The van der Waals surface area contributed by atoms with Crippen molar-refractivity contribution in [1.29, 1.82) is 15.8 Å². The lowest BCUT2D eigenvalue weighted by Crippen LogP contribution is -2.59. The summed E-state index contributed by atoms with van der Waals surface area (Å²) in [6, 6.07) is 11.9. The second-order valence-electron chi connectivity index (χ2n) is 8.70. The van der Waals surface area contributed by atoms with Crippen LogP contribution in [0.4, 0.5) is 0 Å². The van der Waals surface area contributed by atoms with Crippen molar-refractivity contribution < 1.29 is 23.7 Å². The zero-order chi connectivity index (χ0) is 22.7. The van der Waals surface area contributed by atoms with Crippen LogP contribution < -0.4 is 9.47 Å². The van der Waals surface area contributed by atoms with Crippen LogP contribution in [0.5, 0.6) is 11.5 Å². The number of carbonyl (C=O) groups is 1. The maximum absolute atomic E-state index is 14.4. The normalized spacial score (nSPS) is 24.6. The first-order valence-corrected chi connectivity index (χ1v) is 10.9. The number of hydrogen-bond acceptors (Lipinski definition) is 8. The zero-order valence-electron chi connectivity index (χ0n) is 17.9. The number of hydrogen-bond donors (Lipinski definition) is 0. The first kappa shape index (κ1) is 22.1. The van der Waals surface area contributed by atoms with Gasteiger partial charge in [-0.3, -0.25) is 4.79 Å². The summed E-state index contributed by atoms with van der Waals surface area (Å²) in [5.74, 6) is 0.120. The van der Waals surface area contributed by atoms with Crippen LogP contribution in [-0.2, 0) is 19.7 Å². The van der Waals surface area contributed by atoms with Gasteiger partial charge in [-0.25, -0.2) is 0 Å². The molecule has 1 saturated heterocycles. The predicted octanol–water partition coefficient (Wildman–Crippen LogP) is 3.66. The molecule has 0 radical (unpaired) electrons. The molecule has 2 heterocycles. The lowest BCUT2D eigenvalue weighted by Gasteiger charge is -2.52. The van der Waals surface area contributed by atoms with Gasteiger partial charge in [0, 0.05) is 37.5 Å². The maximum Gasteiger partial charge on any atom is 0.231 e. The SMILES string of the molecule is N#CCCC1(CCC#N)CC2(CC(CCC#N)(c3ccc4c(c3)OCO4)C1=O)OCCO2. The topological polar surface area (TPSA) is 125 Å². The van der Waals surface area contributed by atoms with Crippen LogP contribution in [-0.4, -0.2) is 31.6 Å². The van der Waals surface area contributed by atoms with Gasteiger partial charge in [-0.2, -0.15) is 15.8 Å². The summed E-state index contributed by atoms with van der Waals surface area (Å²) < 4.78 is 23.2. The number of carbonyl (C=O) groups excluding carboxylic acids is 1. The molecular formula is C24H25N3O5. The van der Waals surface area contributed by atoms with E-state index in [0.29, 0.717) is 44.0 Å². The third kappa shape index (κ3) is 3.69. The van der Waals surface area contributed by atoms with E-state index in [1.807, 2.05) is 12.1 Å². The van der Waals surface area contributed by atoms with E-state index in [2.05, 4.69) is 18.2 Å². The Bertz CT molecular complexity index is 994. The minimum absolute atomic E-state index is 0.0469. The molecule has 0 aromatic heterocycles. The molecule has 3 aliphatic rings. The minimum atomic E-state index is -1.07. The van der Waals surface area contributed by atoms with E-state index in [0.717, 1.165) is 5.56 Å². The Balaban J connectivity index is 1.88. The monoisotopic (exact) mass is 435 g/mol. The van der Waals surface area contributed by atoms with Gasteiger partial charge < -0.3 is 18.9 Å². The lowest BCUT2D eigenvalue weighted by atomic mass is 9.53. The number of nitriles is 3. The van der Waals surface area contributed by atoms with Gasteiger partial charge >= 0.3 is 0 Å². The second-order valence-corrected chi connectivity index (χ2v) is 8.70. The molecule has 32 heavy (non-hydrogen) atoms. The Morgan fingerprint density at radius 3 is 2.12 bits per heavy atom. The molecule has 1 unspecified atom stereocenters. The molecule has 2 aliphatic heterocycles. The molecule has 1 aromatic rings. The predicted molar refractivity (Wildman–Crippen MR) is 110 cm³/mol. The Morgan fingerprint density at radius 1 is 0.844 bits per heavy atom. The van der Waals surface area contributed by atoms with Gasteiger partial charge in [0.25, 0.3) is 0 Å². The van der Waals surface area contributed by atoms with E-state index in [4.69, 9.17) is 18.9 Å². The number of rotatable bonds is 7. The number of ketones is 1. The number of fused-ring (bicyclic) bond motifs is 1. The van der Waals surface area contributed by atoms with Crippen LogP contribution in [0.25, 0.3) is 0 Å². The first-order valence-electron chi connectivity index (χ1n) is 10.9. The van der Waals surface area contributed by atoms with Crippen molar-refractivity contribution in [1.82, 2.24) is 0 Å². The Morgan fingerprint density at radius 2 is 1.47 bits per heavy atom. The highest BCUT2D eigenvalue weighted by atomic mass is 16.7. The van der Waals surface area contributed by atoms with Crippen molar-refractivity contribution in [3.63, 3.8) is 0 Å². The Hall–Kier alpha value is -3.12. The minimum Gasteiger partial charge on any atom is -0.454 e. The second kappa shape index (κ2) is 8.79. The molecule has 1 saturated carbocycles. The molecule has 2 fully saturated rings. The van der Waals surface area contributed by atoms with Crippen LogP contribution >= 0.6 is 0 Å². The fourth-order valence-electron chi connectivity index (χ4n) is 5.57. The van der Waals surface area contributed by atoms with Crippen molar-refractivity contribution in [2.24, 2.45) is 5.41 Å². The van der Waals surface area contributed by atoms with Gasteiger partial charge in [-0.15, -0.1) is 0 Å². The van der Waals surface area contributed by atoms with Crippen LogP contribution in [0.2, 0.25) is 0 Å². The van der Waals surface area contributed by atoms with E-state index in [9.17, 15) is 20.6 Å². The highest BCUT2D eigenvalue weighted by Crippen LogP contribution is 2.58. The third-order valence-corrected chi connectivity index (χ3v) is 6.93. The van der Waals surface area contributed by atoms with E-state index < -0.39 is 16.6 Å². The lowest BCUT2D eigenvalue weighted by molar-refractivity contribution is -0.217. The number of nitrogens with zero attached hydrogens (tertiary/aromatic N) is 3. The van der Waals surface area contributed by atoms with Crippen molar-refractivity contribution in [2.45, 2.75) is 62.6 Å². The van der Waals surface area contributed by atoms with Gasteiger partial charge in [-0.1, -0.05) is 6.07 Å². The van der Waals surface area contributed by atoms with Gasteiger partial charge in [-0.05, 0) is 37.0 Å². The Kier molecular flexibility index (Phi) is 6.07. The highest BCUT2D eigenvalue weighted by Gasteiger charge is 2.63. The molecule has 8 heteroatoms. The van der Waals surface area contributed by atoms with Crippen molar-refractivity contribution in [2.75, 3.05) is 20.0 Å². The van der Waals surface area contributed by atoms with E-state index in [1.165, 1.54) is 0 Å². The molecule has 1 aromatic carbocycles. The third-order valence-electron chi connectivity index (χ3n) is 6.93. The quantitative estimate of drug-likeness (QED) is 0.635. The van der Waals surface area contributed by atoms with Gasteiger partial charge in [0.15, 0.2) is 17.3 Å². The van der Waals surface area contributed by atoms with E-state index in [-0.39, 0.29) is 44.7 Å². The van der Waals surface area contributed by atoms with Gasteiger partial charge in [0.1, 0.15) is 5.78 Å². The summed E-state index contributed by atoms with van der Waals surface area (Å²) >= 11 is 0. The van der Waals surface area contributed by atoms with Gasteiger partial charge in [0.05, 0.1) is 36.8 Å². The first-order chi connectivity index (χ1) is 15.5. The van der Waals surface area contributed by atoms with Gasteiger partial charge in [0.2, 0.25) is 6.79 Å². The molecule has 0 bridgehead atoms. The molecule has 1 spiro atoms. The summed E-state index contributed by atoms with van der Waals surface area (Å²) in [5, 5.41) is 28.0. The maximum atomic E-state index is 14.4. The van der Waals surface area contributed by atoms with Crippen LogP contribution in [0, 0.1) is 39.4 Å². The molecular weight excluding hydrogens is 410 g/mol. The highest BCUT2D eigenvalue weighted by molar-refractivity contribution is 5.96. The zero-order valence-corrected chi connectivity index (χ0v) is 17.9. The molecule has 4 rings (SSSR count). The molecule has 1 aliphatic carbocycles. The molecule has 166 valence electrons. The fourth-order valence-corrected chi connectivity index (χ4v) is 5.57. The Labute approximate surface area is 187 Å². The van der Waals surface area contributed by atoms with Crippen molar-refractivity contribution in [3.8, 4) is 29.7 Å². The standard InChI is InChI=1S/C24H25N3O5/c25-9-1-6-22(7-2-10-26)15-24(31-12-13-32-24)16-23(21(22)28,8-3-11-27)18-4-5-19-20(14-18)30-17-29-19/h4-5,14H,1-3,6-8,12-13,15-17H2. The van der Waals surface area contributed by atoms with Crippen molar-refractivity contribution in [3.05, 3.63) is 23.8 Å². The van der Waals surface area contributed by atoms with Crippen molar-refractivity contribution >= 4 is 5.78 Å². The summed E-state index contributed by atoms with van der Waals surface area (Å²) in [6.07, 6.45) is 2.04. The number of Topliss-reactive ketones (excluding diaryl/α,β-unsaturated/α-hetero) is 1. The number of benzene rings is 1. The van der Waals surface area contributed by atoms with Crippen LogP contribution in [0.1, 0.15) is 56.9 Å². The summed E-state index contributed by atoms with van der Waals surface area (Å²) in [4.78, 5) is 14.4. The van der Waals surface area contributed by atoms with E-state index >= 15 is 0 Å².